The maximum Gasteiger partial charge on any atom is 0.160 e. The molecule has 0 aliphatic rings. The first kappa shape index (κ1) is 31.1. The summed E-state index contributed by atoms with van der Waals surface area (Å²) in [5, 5.41) is 6.37. The summed E-state index contributed by atoms with van der Waals surface area (Å²) in [6.07, 6.45) is 0. The van der Waals surface area contributed by atoms with E-state index >= 15 is 0 Å². The lowest BCUT2D eigenvalue weighted by molar-refractivity contribution is 0.666. The van der Waals surface area contributed by atoms with Crippen molar-refractivity contribution in [2.45, 2.75) is 0 Å². The van der Waals surface area contributed by atoms with Gasteiger partial charge in [0, 0.05) is 43.9 Å². The Balaban J connectivity index is 1.25. The molecule has 8 aromatic carbocycles. The Labute approximate surface area is 316 Å². The zero-order valence-electron chi connectivity index (χ0n) is 29.6. The van der Waals surface area contributed by atoms with Crippen molar-refractivity contribution in [2.75, 3.05) is 4.90 Å². The number of rotatable bonds is 6. The minimum absolute atomic E-state index is 0.619. The van der Waals surface area contributed by atoms with Crippen molar-refractivity contribution in [3.8, 4) is 33.9 Å². The van der Waals surface area contributed by atoms with Gasteiger partial charge in [-0.2, -0.15) is 0 Å². The number of nitrogens with zero attached hydrogens (tertiary/aromatic N) is 3. The molecule has 3 heterocycles. The van der Waals surface area contributed by atoms with E-state index in [4.69, 9.17) is 18.8 Å². The molecule has 11 rings (SSSR count). The normalized spacial score (nSPS) is 11.6. The molecule has 0 unspecified atom stereocenters. The van der Waals surface area contributed by atoms with E-state index in [9.17, 15) is 0 Å². The van der Waals surface area contributed by atoms with E-state index in [2.05, 4.69) is 138 Å². The van der Waals surface area contributed by atoms with E-state index in [0.29, 0.717) is 5.82 Å². The molecule has 0 N–H and O–H groups in total. The van der Waals surface area contributed by atoms with Crippen molar-refractivity contribution < 1.29 is 8.83 Å². The molecule has 55 heavy (non-hydrogen) atoms. The maximum atomic E-state index is 6.95. The van der Waals surface area contributed by atoms with E-state index in [1.807, 2.05) is 54.6 Å². The summed E-state index contributed by atoms with van der Waals surface area (Å²) in [5.41, 5.74) is 10.5. The van der Waals surface area contributed by atoms with Crippen molar-refractivity contribution >= 4 is 71.7 Å². The fraction of sp³-hybridized carbons (Fsp3) is 0. The number of anilines is 3. The SMILES string of the molecule is c1ccc(-c2cc(-c3ccccc3)nc(-c3cc(N(c4ccccc4)c4cccc5c4oc4ccccc45)c4oc5cc6ccccc6cc5c4c3)n2)cc1. The summed E-state index contributed by atoms with van der Waals surface area (Å²) >= 11 is 0. The minimum atomic E-state index is 0.619. The molecule has 3 aromatic heterocycles. The lowest BCUT2D eigenvalue weighted by Crippen LogP contribution is -2.11. The Morgan fingerprint density at radius 1 is 0.364 bits per heavy atom. The zero-order valence-corrected chi connectivity index (χ0v) is 29.6. The number of hydrogen-bond acceptors (Lipinski definition) is 5. The van der Waals surface area contributed by atoms with Crippen LogP contribution in [-0.4, -0.2) is 9.97 Å². The fourth-order valence-corrected chi connectivity index (χ4v) is 7.82. The second kappa shape index (κ2) is 12.6. The molecule has 5 nitrogen and oxygen atoms in total. The van der Waals surface area contributed by atoms with Gasteiger partial charge in [-0.3, -0.25) is 0 Å². The molecule has 0 bridgehead atoms. The molecule has 5 heteroatoms. The molecular weight excluding hydrogens is 675 g/mol. The Morgan fingerprint density at radius 3 is 1.67 bits per heavy atom. The molecule has 0 atom stereocenters. The number of benzene rings is 8. The molecule has 0 radical (unpaired) electrons. The van der Waals surface area contributed by atoms with Crippen LogP contribution in [0.5, 0.6) is 0 Å². The number of furan rings is 2. The maximum absolute atomic E-state index is 6.95. The van der Waals surface area contributed by atoms with Gasteiger partial charge in [0.1, 0.15) is 11.2 Å². The van der Waals surface area contributed by atoms with E-state index in [1.54, 1.807) is 0 Å². The summed E-state index contributed by atoms with van der Waals surface area (Å²) in [6, 6.07) is 64.8. The first-order valence-corrected chi connectivity index (χ1v) is 18.4. The van der Waals surface area contributed by atoms with Gasteiger partial charge in [0.15, 0.2) is 17.0 Å². The summed E-state index contributed by atoms with van der Waals surface area (Å²) in [6.45, 7) is 0. The first-order valence-electron chi connectivity index (χ1n) is 18.4. The molecular formula is C50H31N3O2. The Bertz CT molecular complexity index is 3150. The fourth-order valence-electron chi connectivity index (χ4n) is 7.82. The number of hydrogen-bond donors (Lipinski definition) is 0. The van der Waals surface area contributed by atoms with Gasteiger partial charge in [-0.25, -0.2) is 9.97 Å². The van der Waals surface area contributed by atoms with E-state index in [0.717, 1.165) is 99.8 Å². The Hall–Kier alpha value is -7.50. The smallest absolute Gasteiger partial charge is 0.160 e. The number of para-hydroxylation sites is 3. The second-order valence-corrected chi connectivity index (χ2v) is 13.8. The van der Waals surface area contributed by atoms with Gasteiger partial charge in [-0.15, -0.1) is 0 Å². The Kier molecular flexibility index (Phi) is 7.10. The molecule has 0 fully saturated rings. The number of fused-ring (bicyclic) bond motifs is 7. The second-order valence-electron chi connectivity index (χ2n) is 13.8. The average Bonchev–Trinajstić information content (AvgIpc) is 3.82. The van der Waals surface area contributed by atoms with Crippen LogP contribution >= 0.6 is 0 Å². The van der Waals surface area contributed by atoms with Crippen LogP contribution in [-0.2, 0) is 0 Å². The lowest BCUT2D eigenvalue weighted by Gasteiger charge is -2.26. The monoisotopic (exact) mass is 705 g/mol. The highest BCUT2D eigenvalue weighted by atomic mass is 16.3. The van der Waals surface area contributed by atoms with E-state index < -0.39 is 0 Å². The molecule has 0 saturated heterocycles. The molecule has 258 valence electrons. The number of aromatic nitrogens is 2. The predicted octanol–water partition coefficient (Wildman–Crippen LogP) is 13.9. The van der Waals surface area contributed by atoms with Gasteiger partial charge in [0.2, 0.25) is 0 Å². The summed E-state index contributed by atoms with van der Waals surface area (Å²) in [5.74, 6) is 0.619. The van der Waals surface area contributed by atoms with Crippen molar-refractivity contribution in [1.82, 2.24) is 9.97 Å². The van der Waals surface area contributed by atoms with E-state index in [1.165, 1.54) is 0 Å². The van der Waals surface area contributed by atoms with Gasteiger partial charge in [0.25, 0.3) is 0 Å². The van der Waals surface area contributed by atoms with Crippen LogP contribution in [0.25, 0.3) is 88.6 Å². The van der Waals surface area contributed by atoms with Crippen molar-refractivity contribution in [2.24, 2.45) is 0 Å². The molecule has 11 aromatic rings. The van der Waals surface area contributed by atoms with E-state index in [-0.39, 0.29) is 0 Å². The van der Waals surface area contributed by atoms with Crippen molar-refractivity contribution in [3.63, 3.8) is 0 Å². The van der Waals surface area contributed by atoms with Gasteiger partial charge >= 0.3 is 0 Å². The van der Waals surface area contributed by atoms with Crippen molar-refractivity contribution in [1.29, 1.82) is 0 Å². The van der Waals surface area contributed by atoms with Crippen LogP contribution in [0.15, 0.2) is 197 Å². The topological polar surface area (TPSA) is 55.3 Å². The molecule has 0 spiro atoms. The predicted molar refractivity (Wildman–Crippen MR) is 225 cm³/mol. The average molecular weight is 706 g/mol. The first-order chi connectivity index (χ1) is 27.2. The van der Waals surface area contributed by atoms with Gasteiger partial charge in [0.05, 0.1) is 22.8 Å². The highest BCUT2D eigenvalue weighted by molar-refractivity contribution is 6.16. The van der Waals surface area contributed by atoms with Crippen LogP contribution in [0.4, 0.5) is 17.1 Å². The quantitative estimate of drug-likeness (QED) is 0.172. The van der Waals surface area contributed by atoms with Crippen LogP contribution in [0, 0.1) is 0 Å². The van der Waals surface area contributed by atoms with Crippen LogP contribution in [0.3, 0.4) is 0 Å². The third-order valence-electron chi connectivity index (χ3n) is 10.4. The van der Waals surface area contributed by atoms with Crippen LogP contribution in [0.2, 0.25) is 0 Å². The zero-order chi connectivity index (χ0) is 36.3. The third kappa shape index (κ3) is 5.24. The summed E-state index contributed by atoms with van der Waals surface area (Å²) in [4.78, 5) is 12.8. The largest absolute Gasteiger partial charge is 0.454 e. The van der Waals surface area contributed by atoms with Crippen LogP contribution in [0.1, 0.15) is 0 Å². The highest BCUT2D eigenvalue weighted by Crippen LogP contribution is 2.47. The molecule has 0 aliphatic heterocycles. The molecule has 0 saturated carbocycles. The standard InChI is InChI=1S/C50H31N3O2/c1-4-15-32(16-5-1)42-31-43(33-17-6-2-7-18-33)52-50(51-42)36-28-41-40-27-34-19-10-11-20-35(34)30-47(40)55-49(41)45(29-36)53(37-21-8-3-9-22-37)44-25-14-24-39-38-23-12-13-26-46(38)54-48(39)44/h1-31H. The van der Waals surface area contributed by atoms with Gasteiger partial charge in [-0.1, -0.05) is 133 Å². The molecule has 0 aliphatic carbocycles. The highest BCUT2D eigenvalue weighted by Gasteiger charge is 2.25. The van der Waals surface area contributed by atoms with Gasteiger partial charge < -0.3 is 13.7 Å². The summed E-state index contributed by atoms with van der Waals surface area (Å²) < 4.78 is 13.6. The summed E-state index contributed by atoms with van der Waals surface area (Å²) in [7, 11) is 0. The van der Waals surface area contributed by atoms with Gasteiger partial charge in [-0.05, 0) is 65.4 Å². The van der Waals surface area contributed by atoms with Crippen LogP contribution < -0.4 is 4.90 Å². The third-order valence-corrected chi connectivity index (χ3v) is 10.4. The Morgan fingerprint density at radius 2 is 0.945 bits per heavy atom. The lowest BCUT2D eigenvalue weighted by atomic mass is 10.0. The minimum Gasteiger partial charge on any atom is -0.454 e. The molecule has 0 amide bonds. The van der Waals surface area contributed by atoms with Crippen molar-refractivity contribution in [3.05, 3.63) is 188 Å².